The Morgan fingerprint density at radius 3 is 2.41 bits per heavy atom. The number of rotatable bonds is 0. The van der Waals surface area contributed by atoms with Crippen molar-refractivity contribution in [2.45, 2.75) is 38.4 Å². The molecule has 120 valence electrons. The van der Waals surface area contributed by atoms with Gasteiger partial charge in [0.2, 0.25) is 0 Å². The van der Waals surface area contributed by atoms with E-state index in [2.05, 4.69) is 0 Å². The number of nitrogens with zero attached hydrogens (tertiary/aromatic N) is 1. The SMILES string of the molecule is COC(=O)N1c2ccccc2OC12OS(=O)C(C)(C)C2(C)C. The first kappa shape index (κ1) is 15.3. The first-order valence-electron chi connectivity index (χ1n) is 6.96. The predicted octanol–water partition coefficient (Wildman–Crippen LogP) is 2.80. The zero-order valence-corrected chi connectivity index (χ0v) is 14.0. The number of carbonyl (C=O) groups is 1. The molecule has 1 spiro atoms. The Labute approximate surface area is 132 Å². The Bertz CT molecular complexity index is 672. The normalized spacial score (nSPS) is 31.0. The summed E-state index contributed by atoms with van der Waals surface area (Å²) >= 11 is -1.63. The number of fused-ring (bicyclic) bond motifs is 1. The molecule has 1 amide bonds. The second-order valence-electron chi connectivity index (χ2n) is 6.41. The Morgan fingerprint density at radius 2 is 1.86 bits per heavy atom. The lowest BCUT2D eigenvalue weighted by Gasteiger charge is -2.42. The van der Waals surface area contributed by atoms with Crippen LogP contribution in [0, 0.1) is 5.41 Å². The van der Waals surface area contributed by atoms with Crippen molar-refractivity contribution >= 4 is 22.9 Å². The van der Waals surface area contributed by atoms with E-state index in [1.165, 1.54) is 12.0 Å². The topological polar surface area (TPSA) is 65.1 Å². The van der Waals surface area contributed by atoms with Gasteiger partial charge in [-0.3, -0.25) is 0 Å². The molecule has 2 heterocycles. The summed E-state index contributed by atoms with van der Waals surface area (Å²) in [6.07, 6.45) is -0.618. The third kappa shape index (κ3) is 1.58. The molecular formula is C15H19NO5S. The van der Waals surface area contributed by atoms with Crippen molar-refractivity contribution in [3.05, 3.63) is 24.3 Å². The molecule has 22 heavy (non-hydrogen) atoms. The summed E-state index contributed by atoms with van der Waals surface area (Å²) in [5, 5.41) is 0. The molecule has 0 aromatic heterocycles. The smallest absolute Gasteiger partial charge is 0.419 e. The molecule has 0 radical (unpaired) electrons. The number of ether oxygens (including phenoxy) is 2. The van der Waals surface area contributed by atoms with Crippen LogP contribution in [0.4, 0.5) is 10.5 Å². The summed E-state index contributed by atoms with van der Waals surface area (Å²) in [7, 11) is 1.29. The van der Waals surface area contributed by atoms with Gasteiger partial charge in [-0.05, 0) is 39.8 Å². The Kier molecular flexibility index (Phi) is 3.10. The number of amides is 1. The fourth-order valence-electron chi connectivity index (χ4n) is 2.75. The summed E-state index contributed by atoms with van der Waals surface area (Å²) in [5.74, 6) is -1.01. The second-order valence-corrected chi connectivity index (χ2v) is 8.07. The van der Waals surface area contributed by atoms with Crippen molar-refractivity contribution in [3.63, 3.8) is 0 Å². The van der Waals surface area contributed by atoms with Gasteiger partial charge in [0, 0.05) is 0 Å². The van der Waals surface area contributed by atoms with E-state index in [1.807, 2.05) is 27.7 Å². The molecule has 2 atom stereocenters. The van der Waals surface area contributed by atoms with E-state index in [-0.39, 0.29) is 0 Å². The maximum atomic E-state index is 12.5. The minimum absolute atomic E-state index is 0.496. The average Bonchev–Trinajstić information content (AvgIpc) is 2.86. The van der Waals surface area contributed by atoms with Gasteiger partial charge in [0.1, 0.15) is 5.75 Å². The van der Waals surface area contributed by atoms with Crippen molar-refractivity contribution in [2.24, 2.45) is 5.41 Å². The van der Waals surface area contributed by atoms with Crippen LogP contribution in [0.25, 0.3) is 0 Å². The van der Waals surface area contributed by atoms with Gasteiger partial charge in [-0.1, -0.05) is 12.1 Å². The average molecular weight is 325 g/mol. The van der Waals surface area contributed by atoms with E-state index >= 15 is 0 Å². The molecule has 2 aliphatic heterocycles. The number of methoxy groups -OCH3 is 1. The molecule has 2 unspecified atom stereocenters. The third-order valence-electron chi connectivity index (χ3n) is 4.91. The number of benzene rings is 1. The van der Waals surface area contributed by atoms with Gasteiger partial charge in [-0.25, -0.2) is 18.1 Å². The molecule has 0 N–H and O–H groups in total. The summed E-state index contributed by atoms with van der Waals surface area (Å²) < 4.78 is 28.4. The molecule has 1 aromatic carbocycles. The monoisotopic (exact) mass is 325 g/mol. The minimum Gasteiger partial charge on any atom is -0.452 e. The highest BCUT2D eigenvalue weighted by Crippen LogP contribution is 2.60. The predicted molar refractivity (Wildman–Crippen MR) is 81.8 cm³/mol. The Hall–Kier alpha value is -1.60. The van der Waals surface area contributed by atoms with Gasteiger partial charge in [-0.15, -0.1) is 0 Å². The molecule has 6 nitrogen and oxygen atoms in total. The third-order valence-corrected chi connectivity index (χ3v) is 6.63. The maximum absolute atomic E-state index is 12.5. The molecule has 0 bridgehead atoms. The number of para-hydroxylation sites is 2. The highest BCUT2D eigenvalue weighted by atomic mass is 32.2. The lowest BCUT2D eigenvalue weighted by Crippen LogP contribution is -2.63. The molecule has 1 aromatic rings. The molecule has 7 heteroatoms. The van der Waals surface area contributed by atoms with Crippen LogP contribution in [0.3, 0.4) is 0 Å². The van der Waals surface area contributed by atoms with Crippen LogP contribution in [0.1, 0.15) is 27.7 Å². The molecule has 0 saturated carbocycles. The van der Waals surface area contributed by atoms with Crippen molar-refractivity contribution in [2.75, 3.05) is 12.0 Å². The molecule has 1 fully saturated rings. The van der Waals surface area contributed by atoms with E-state index in [1.54, 1.807) is 24.3 Å². The first-order chi connectivity index (χ1) is 10.2. The van der Waals surface area contributed by atoms with E-state index < -0.39 is 33.2 Å². The number of carbonyl (C=O) groups excluding carboxylic acids is 1. The van der Waals surface area contributed by atoms with Crippen LogP contribution in [-0.4, -0.2) is 28.1 Å². The van der Waals surface area contributed by atoms with Gasteiger partial charge in [0.15, 0.2) is 11.1 Å². The van der Waals surface area contributed by atoms with E-state index in [4.69, 9.17) is 13.7 Å². The van der Waals surface area contributed by atoms with Crippen molar-refractivity contribution in [3.8, 4) is 5.75 Å². The summed E-state index contributed by atoms with van der Waals surface area (Å²) in [5.41, 5.74) is -0.213. The lowest BCUT2D eigenvalue weighted by molar-refractivity contribution is -0.156. The van der Waals surface area contributed by atoms with E-state index in [9.17, 15) is 9.00 Å². The van der Waals surface area contributed by atoms with Gasteiger partial charge < -0.3 is 9.47 Å². The van der Waals surface area contributed by atoms with Gasteiger partial charge in [0.05, 0.1) is 23.0 Å². The highest BCUT2D eigenvalue weighted by molar-refractivity contribution is 7.82. The number of hydrogen-bond acceptors (Lipinski definition) is 5. The van der Waals surface area contributed by atoms with E-state index in [0.29, 0.717) is 11.4 Å². The number of hydrogen-bond donors (Lipinski definition) is 0. The lowest BCUT2D eigenvalue weighted by atomic mass is 9.76. The van der Waals surface area contributed by atoms with Crippen LogP contribution in [-0.2, 0) is 20.0 Å². The van der Waals surface area contributed by atoms with Crippen molar-refractivity contribution in [1.29, 1.82) is 0 Å². The Morgan fingerprint density at radius 1 is 1.23 bits per heavy atom. The van der Waals surface area contributed by atoms with Gasteiger partial charge in [0.25, 0.3) is 0 Å². The van der Waals surface area contributed by atoms with Crippen molar-refractivity contribution in [1.82, 2.24) is 0 Å². The fourth-order valence-corrected chi connectivity index (χ4v) is 4.03. The maximum Gasteiger partial charge on any atom is 0.419 e. The molecular weight excluding hydrogens is 306 g/mol. The zero-order chi connectivity index (χ0) is 16.3. The molecule has 0 aliphatic carbocycles. The minimum atomic E-state index is -1.63. The van der Waals surface area contributed by atoms with Crippen molar-refractivity contribution < 1.29 is 22.7 Å². The summed E-state index contributed by atoms with van der Waals surface area (Å²) in [4.78, 5) is 13.7. The zero-order valence-electron chi connectivity index (χ0n) is 13.2. The van der Waals surface area contributed by atoms with Gasteiger partial charge in [-0.2, -0.15) is 0 Å². The van der Waals surface area contributed by atoms with Crippen LogP contribution < -0.4 is 9.64 Å². The standard InChI is InChI=1S/C15H19NO5S/c1-13(2)14(3,4)22(18)21-15(13)16(12(17)19-5)10-8-6-7-9-11(10)20-15/h6-9H,1-5H3. The van der Waals surface area contributed by atoms with Crippen LogP contribution in [0.15, 0.2) is 24.3 Å². The van der Waals surface area contributed by atoms with Crippen LogP contribution >= 0.6 is 0 Å². The van der Waals surface area contributed by atoms with Crippen LogP contribution in [0.2, 0.25) is 0 Å². The highest BCUT2D eigenvalue weighted by Gasteiger charge is 2.73. The molecule has 1 saturated heterocycles. The summed E-state index contributed by atoms with van der Waals surface area (Å²) in [6, 6.07) is 7.08. The molecule has 2 aliphatic rings. The fraction of sp³-hybridized carbons (Fsp3) is 0.533. The number of anilines is 1. The molecule has 3 rings (SSSR count). The second kappa shape index (κ2) is 4.45. The van der Waals surface area contributed by atoms with Crippen LogP contribution in [0.5, 0.6) is 5.75 Å². The summed E-state index contributed by atoms with van der Waals surface area (Å²) in [6.45, 7) is 7.42. The largest absolute Gasteiger partial charge is 0.452 e. The quantitative estimate of drug-likeness (QED) is 0.734. The first-order valence-corrected chi connectivity index (χ1v) is 8.04. The van der Waals surface area contributed by atoms with E-state index in [0.717, 1.165) is 0 Å². The Balaban J connectivity index is 2.23. The van der Waals surface area contributed by atoms with Gasteiger partial charge >= 0.3 is 12.0 Å².